The van der Waals surface area contributed by atoms with E-state index in [1.165, 1.54) is 7.11 Å². The highest BCUT2D eigenvalue weighted by molar-refractivity contribution is 9.10. The molecule has 0 atom stereocenters. The van der Waals surface area contributed by atoms with Gasteiger partial charge in [0.25, 0.3) is 0 Å². The maximum atomic E-state index is 11.4. The Morgan fingerprint density at radius 3 is 2.88 bits per heavy atom. The molecule has 1 heterocycles. The second-order valence-electron chi connectivity index (χ2n) is 3.32. The van der Waals surface area contributed by atoms with Crippen LogP contribution in [0.4, 0.5) is 5.95 Å². The predicted octanol–water partition coefficient (Wildman–Crippen LogP) is 2.00. The zero-order valence-corrected chi connectivity index (χ0v) is 10.6. The standard InChI is InChI=1S/C11H10BrN3O2/c1-17-10(16)7-3-2-4-8(5-7)15-9(12)6-14-11(15)13/h2-6H,1H3,(H2,13,14). The number of rotatable bonds is 2. The van der Waals surface area contributed by atoms with E-state index in [1.54, 1.807) is 29.0 Å². The minimum absolute atomic E-state index is 0.346. The van der Waals surface area contributed by atoms with Gasteiger partial charge in [0, 0.05) is 0 Å². The normalized spacial score (nSPS) is 10.2. The molecule has 1 aromatic heterocycles. The number of halogens is 1. The summed E-state index contributed by atoms with van der Waals surface area (Å²) in [7, 11) is 1.34. The van der Waals surface area contributed by atoms with Crippen LogP contribution in [0.15, 0.2) is 35.1 Å². The zero-order valence-electron chi connectivity index (χ0n) is 9.05. The first-order chi connectivity index (χ1) is 8.13. The highest BCUT2D eigenvalue weighted by atomic mass is 79.9. The summed E-state index contributed by atoms with van der Waals surface area (Å²) in [5.41, 5.74) is 6.95. The van der Waals surface area contributed by atoms with Crippen LogP contribution in [0.3, 0.4) is 0 Å². The van der Waals surface area contributed by atoms with Crippen LogP contribution in [0.1, 0.15) is 10.4 Å². The lowest BCUT2D eigenvalue weighted by atomic mass is 10.2. The smallest absolute Gasteiger partial charge is 0.337 e. The number of esters is 1. The Kier molecular flexibility index (Phi) is 3.14. The minimum atomic E-state index is -0.387. The molecular formula is C11H10BrN3O2. The highest BCUT2D eigenvalue weighted by Crippen LogP contribution is 2.21. The summed E-state index contributed by atoms with van der Waals surface area (Å²) in [4.78, 5) is 15.4. The van der Waals surface area contributed by atoms with Crippen LogP contribution in [-0.4, -0.2) is 22.6 Å². The van der Waals surface area contributed by atoms with Crippen molar-refractivity contribution < 1.29 is 9.53 Å². The highest BCUT2D eigenvalue weighted by Gasteiger charge is 2.10. The minimum Gasteiger partial charge on any atom is -0.465 e. The van der Waals surface area contributed by atoms with Crippen molar-refractivity contribution in [2.45, 2.75) is 0 Å². The lowest BCUT2D eigenvalue weighted by Crippen LogP contribution is -2.05. The molecule has 6 heteroatoms. The number of anilines is 1. The van der Waals surface area contributed by atoms with Gasteiger partial charge in [-0.25, -0.2) is 9.78 Å². The summed E-state index contributed by atoms with van der Waals surface area (Å²) in [6.45, 7) is 0. The summed E-state index contributed by atoms with van der Waals surface area (Å²) in [5.74, 6) is -0.0412. The van der Waals surface area contributed by atoms with Crippen LogP contribution in [0.2, 0.25) is 0 Å². The molecule has 0 unspecified atom stereocenters. The second-order valence-corrected chi connectivity index (χ2v) is 4.13. The number of hydrogen-bond acceptors (Lipinski definition) is 4. The van der Waals surface area contributed by atoms with Crippen LogP contribution in [-0.2, 0) is 4.74 Å². The molecule has 0 saturated heterocycles. The van der Waals surface area contributed by atoms with E-state index in [4.69, 9.17) is 5.73 Å². The third-order valence-electron chi connectivity index (χ3n) is 2.27. The summed E-state index contributed by atoms with van der Waals surface area (Å²) in [5, 5.41) is 0. The fourth-order valence-corrected chi connectivity index (χ4v) is 1.98. The van der Waals surface area contributed by atoms with Gasteiger partial charge in [0.1, 0.15) is 4.60 Å². The van der Waals surface area contributed by atoms with Crippen LogP contribution in [0.5, 0.6) is 0 Å². The number of methoxy groups -OCH3 is 1. The van der Waals surface area contributed by atoms with Crippen LogP contribution in [0, 0.1) is 0 Å². The Morgan fingerprint density at radius 2 is 2.29 bits per heavy atom. The van der Waals surface area contributed by atoms with Gasteiger partial charge < -0.3 is 10.5 Å². The predicted molar refractivity (Wildman–Crippen MR) is 67.0 cm³/mol. The lowest BCUT2D eigenvalue weighted by Gasteiger charge is -2.07. The van der Waals surface area contributed by atoms with Crippen molar-refractivity contribution in [2.24, 2.45) is 0 Å². The van der Waals surface area contributed by atoms with E-state index in [0.29, 0.717) is 11.5 Å². The molecule has 0 amide bonds. The molecule has 2 aromatic rings. The number of nitrogen functional groups attached to an aromatic ring is 1. The van der Waals surface area contributed by atoms with Crippen molar-refractivity contribution in [3.05, 3.63) is 40.6 Å². The van der Waals surface area contributed by atoms with Crippen LogP contribution >= 0.6 is 15.9 Å². The zero-order chi connectivity index (χ0) is 12.4. The van der Waals surface area contributed by atoms with Gasteiger partial charge >= 0.3 is 5.97 Å². The molecule has 2 rings (SSSR count). The molecule has 0 aliphatic rings. The SMILES string of the molecule is COC(=O)c1cccc(-n2c(Br)cnc2N)c1. The maximum Gasteiger partial charge on any atom is 0.337 e. The quantitative estimate of drug-likeness (QED) is 0.861. The van der Waals surface area contributed by atoms with Crippen LogP contribution in [0.25, 0.3) is 5.69 Å². The number of hydrogen-bond donors (Lipinski definition) is 1. The molecule has 88 valence electrons. The van der Waals surface area contributed by atoms with E-state index in [1.807, 2.05) is 6.07 Å². The van der Waals surface area contributed by atoms with Gasteiger partial charge in [-0.1, -0.05) is 6.07 Å². The lowest BCUT2D eigenvalue weighted by molar-refractivity contribution is 0.0600. The molecule has 0 radical (unpaired) electrons. The van der Waals surface area contributed by atoms with E-state index in [9.17, 15) is 4.79 Å². The van der Waals surface area contributed by atoms with Crippen LogP contribution < -0.4 is 5.73 Å². The van der Waals surface area contributed by atoms with E-state index >= 15 is 0 Å². The van der Waals surface area contributed by atoms with Crippen molar-refractivity contribution >= 4 is 27.8 Å². The monoisotopic (exact) mass is 295 g/mol. The van der Waals surface area contributed by atoms with Crippen molar-refractivity contribution in [1.82, 2.24) is 9.55 Å². The Balaban J connectivity index is 2.50. The van der Waals surface area contributed by atoms with Gasteiger partial charge in [0.2, 0.25) is 5.95 Å². The van der Waals surface area contributed by atoms with Crippen molar-refractivity contribution in [3.63, 3.8) is 0 Å². The average molecular weight is 296 g/mol. The molecule has 0 aliphatic heterocycles. The average Bonchev–Trinajstić information content (AvgIpc) is 2.68. The summed E-state index contributed by atoms with van der Waals surface area (Å²) in [6.07, 6.45) is 1.60. The molecule has 1 aromatic carbocycles. The first-order valence-corrected chi connectivity index (χ1v) is 5.60. The third-order valence-corrected chi connectivity index (χ3v) is 2.83. The molecule has 0 bridgehead atoms. The van der Waals surface area contributed by atoms with Gasteiger partial charge in [-0.2, -0.15) is 0 Å². The first-order valence-electron chi connectivity index (χ1n) is 4.81. The number of nitrogens with zero attached hydrogens (tertiary/aromatic N) is 2. The molecule has 0 aliphatic carbocycles. The topological polar surface area (TPSA) is 70.1 Å². The van der Waals surface area contributed by atoms with Crippen molar-refractivity contribution in [1.29, 1.82) is 0 Å². The Labute approximate surface area is 106 Å². The Hall–Kier alpha value is -1.82. The number of benzene rings is 1. The fourth-order valence-electron chi connectivity index (χ4n) is 1.49. The van der Waals surface area contributed by atoms with Gasteiger partial charge in [0.15, 0.2) is 0 Å². The molecule has 0 spiro atoms. The van der Waals surface area contributed by atoms with Crippen molar-refractivity contribution in [2.75, 3.05) is 12.8 Å². The first kappa shape index (κ1) is 11.7. The number of nitrogens with two attached hydrogens (primary N) is 1. The van der Waals surface area contributed by atoms with E-state index in [-0.39, 0.29) is 5.97 Å². The molecule has 5 nitrogen and oxygen atoms in total. The Morgan fingerprint density at radius 1 is 1.53 bits per heavy atom. The number of carbonyl (C=O) groups excluding carboxylic acids is 1. The number of carbonyl (C=O) groups is 1. The molecule has 17 heavy (non-hydrogen) atoms. The van der Waals surface area contributed by atoms with E-state index < -0.39 is 0 Å². The molecular weight excluding hydrogens is 286 g/mol. The third kappa shape index (κ3) is 2.16. The van der Waals surface area contributed by atoms with Gasteiger partial charge in [-0.3, -0.25) is 4.57 Å². The van der Waals surface area contributed by atoms with E-state index in [2.05, 4.69) is 25.7 Å². The maximum absolute atomic E-state index is 11.4. The summed E-state index contributed by atoms with van der Waals surface area (Å²) in [6, 6.07) is 6.95. The van der Waals surface area contributed by atoms with Gasteiger partial charge in [-0.15, -0.1) is 0 Å². The number of aromatic nitrogens is 2. The second kappa shape index (κ2) is 4.58. The molecule has 0 saturated carbocycles. The summed E-state index contributed by atoms with van der Waals surface area (Å²) >= 11 is 3.34. The van der Waals surface area contributed by atoms with Gasteiger partial charge in [0.05, 0.1) is 24.6 Å². The fraction of sp³-hybridized carbons (Fsp3) is 0.0909. The van der Waals surface area contributed by atoms with Crippen molar-refractivity contribution in [3.8, 4) is 5.69 Å². The number of imidazole rings is 1. The number of ether oxygens (including phenoxy) is 1. The van der Waals surface area contributed by atoms with E-state index in [0.717, 1.165) is 10.3 Å². The largest absolute Gasteiger partial charge is 0.465 e. The molecule has 2 N–H and O–H groups in total. The Bertz CT molecular complexity index is 546. The molecule has 0 fully saturated rings. The summed E-state index contributed by atoms with van der Waals surface area (Å²) < 4.78 is 7.07. The van der Waals surface area contributed by atoms with Gasteiger partial charge in [-0.05, 0) is 34.1 Å².